The fourth-order valence-electron chi connectivity index (χ4n) is 3.49. The van der Waals surface area contributed by atoms with Gasteiger partial charge in [0.15, 0.2) is 0 Å². The Bertz CT molecular complexity index is 658. The summed E-state index contributed by atoms with van der Waals surface area (Å²) in [6, 6.07) is 14.7. The molecule has 1 aliphatic rings. The molecule has 1 saturated heterocycles. The number of nitrogens with one attached hydrogen (secondary N) is 1. The Balaban J connectivity index is 1.45. The van der Waals surface area contributed by atoms with Crippen LogP contribution < -0.4 is 10.2 Å². The monoisotopic (exact) mass is 324 g/mol. The molecule has 0 saturated carbocycles. The zero-order valence-corrected chi connectivity index (χ0v) is 14.8. The maximum atomic E-state index is 9.32. The molecule has 1 aliphatic heterocycles. The van der Waals surface area contributed by atoms with Gasteiger partial charge in [0.05, 0.1) is 0 Å². The molecular weight excluding hydrogens is 296 g/mol. The van der Waals surface area contributed by atoms with E-state index >= 15 is 0 Å². The van der Waals surface area contributed by atoms with Crippen LogP contribution in [0.5, 0.6) is 5.75 Å². The third-order valence-electron chi connectivity index (χ3n) is 5.19. The van der Waals surface area contributed by atoms with Crippen LogP contribution in [0.1, 0.15) is 29.5 Å². The molecule has 3 heteroatoms. The minimum atomic E-state index is 0.338. The van der Waals surface area contributed by atoms with Gasteiger partial charge in [0.1, 0.15) is 5.75 Å². The molecule has 0 aromatic heterocycles. The van der Waals surface area contributed by atoms with Crippen LogP contribution in [-0.4, -0.2) is 30.8 Å². The Morgan fingerprint density at radius 1 is 1.04 bits per heavy atom. The topological polar surface area (TPSA) is 35.5 Å². The summed E-state index contributed by atoms with van der Waals surface area (Å²) in [5.74, 6) is 0.338. The average Bonchev–Trinajstić information content (AvgIpc) is 2.60. The predicted molar refractivity (Wildman–Crippen MR) is 101 cm³/mol. The zero-order valence-electron chi connectivity index (χ0n) is 14.8. The fraction of sp³-hybridized carbons (Fsp3) is 0.429. The summed E-state index contributed by atoms with van der Waals surface area (Å²) in [6.45, 7) is 7.67. The largest absolute Gasteiger partial charge is 0.508 e. The highest BCUT2D eigenvalue weighted by Gasteiger charge is 2.20. The Kier molecular flexibility index (Phi) is 5.41. The molecule has 128 valence electrons. The second kappa shape index (κ2) is 7.71. The van der Waals surface area contributed by atoms with Gasteiger partial charge in [-0.2, -0.15) is 0 Å². The molecule has 3 nitrogen and oxygen atoms in total. The molecule has 2 aromatic rings. The van der Waals surface area contributed by atoms with E-state index in [1.54, 1.807) is 12.1 Å². The molecule has 0 amide bonds. The number of phenols is 1. The lowest BCUT2D eigenvalue weighted by molar-refractivity contribution is 0.417. The average molecular weight is 324 g/mol. The molecule has 2 N–H and O–H groups in total. The van der Waals surface area contributed by atoms with Gasteiger partial charge in [0.25, 0.3) is 0 Å². The predicted octanol–water partition coefficient (Wildman–Crippen LogP) is 3.81. The van der Waals surface area contributed by atoms with Crippen molar-refractivity contribution in [3.05, 3.63) is 59.2 Å². The van der Waals surface area contributed by atoms with Gasteiger partial charge in [0, 0.05) is 24.8 Å². The first-order valence-electron chi connectivity index (χ1n) is 8.96. The molecule has 1 fully saturated rings. The summed E-state index contributed by atoms with van der Waals surface area (Å²) >= 11 is 0. The van der Waals surface area contributed by atoms with E-state index in [9.17, 15) is 5.11 Å². The summed E-state index contributed by atoms with van der Waals surface area (Å²) in [7, 11) is 0. The summed E-state index contributed by atoms with van der Waals surface area (Å²) in [6.07, 6.45) is 3.41. The van der Waals surface area contributed by atoms with Crippen molar-refractivity contribution < 1.29 is 5.11 Å². The summed E-state index contributed by atoms with van der Waals surface area (Å²) in [5, 5.41) is 13.0. The van der Waals surface area contributed by atoms with E-state index in [-0.39, 0.29) is 0 Å². The Morgan fingerprint density at radius 2 is 1.75 bits per heavy atom. The minimum Gasteiger partial charge on any atom is -0.508 e. The van der Waals surface area contributed by atoms with Crippen LogP contribution in [0.3, 0.4) is 0 Å². The van der Waals surface area contributed by atoms with Gasteiger partial charge < -0.3 is 15.3 Å². The molecule has 0 bridgehead atoms. The van der Waals surface area contributed by atoms with Crippen LogP contribution in [0.2, 0.25) is 0 Å². The number of anilines is 1. The van der Waals surface area contributed by atoms with E-state index in [1.807, 2.05) is 12.1 Å². The van der Waals surface area contributed by atoms with Crippen LogP contribution in [0, 0.1) is 13.8 Å². The van der Waals surface area contributed by atoms with Gasteiger partial charge in [0.2, 0.25) is 0 Å². The Labute approximate surface area is 145 Å². The first-order valence-corrected chi connectivity index (χ1v) is 8.96. The van der Waals surface area contributed by atoms with Crippen LogP contribution in [-0.2, 0) is 6.42 Å². The molecule has 1 heterocycles. The normalized spacial score (nSPS) is 15.7. The van der Waals surface area contributed by atoms with E-state index in [0.29, 0.717) is 11.8 Å². The summed E-state index contributed by atoms with van der Waals surface area (Å²) in [4.78, 5) is 2.53. The van der Waals surface area contributed by atoms with Crippen molar-refractivity contribution in [3.63, 3.8) is 0 Å². The number of hydrogen-bond acceptors (Lipinski definition) is 3. The second-order valence-electron chi connectivity index (χ2n) is 6.85. The van der Waals surface area contributed by atoms with Crippen LogP contribution in [0.15, 0.2) is 42.5 Å². The van der Waals surface area contributed by atoms with Crippen LogP contribution in [0.25, 0.3) is 0 Å². The minimum absolute atomic E-state index is 0.338. The Hall–Kier alpha value is -2.00. The molecule has 0 atom stereocenters. The van der Waals surface area contributed by atoms with Gasteiger partial charge >= 0.3 is 0 Å². The van der Waals surface area contributed by atoms with Crippen molar-refractivity contribution in [2.75, 3.05) is 24.5 Å². The standard InChI is InChI=1S/C21H28N2O/c1-16-4-3-5-21(17(16)2)23-14-11-19(12-15-23)22-13-10-18-6-8-20(24)9-7-18/h3-9,19,22,24H,10-15H2,1-2H3. The van der Waals surface area contributed by atoms with Gasteiger partial charge in [-0.3, -0.25) is 0 Å². The van der Waals surface area contributed by atoms with E-state index < -0.39 is 0 Å². The molecule has 3 rings (SSSR count). The Morgan fingerprint density at radius 3 is 2.46 bits per heavy atom. The van der Waals surface area contributed by atoms with Crippen molar-refractivity contribution in [1.29, 1.82) is 0 Å². The van der Waals surface area contributed by atoms with E-state index in [0.717, 1.165) is 26.1 Å². The number of nitrogens with zero attached hydrogens (tertiary/aromatic N) is 1. The highest BCUT2D eigenvalue weighted by molar-refractivity contribution is 5.56. The van der Waals surface area contributed by atoms with E-state index in [2.05, 4.69) is 42.3 Å². The van der Waals surface area contributed by atoms with Gasteiger partial charge in [-0.15, -0.1) is 0 Å². The molecule has 2 aromatic carbocycles. The van der Waals surface area contributed by atoms with E-state index in [1.165, 1.54) is 35.2 Å². The summed E-state index contributed by atoms with van der Waals surface area (Å²) in [5.41, 5.74) is 5.46. The van der Waals surface area contributed by atoms with Crippen molar-refractivity contribution in [1.82, 2.24) is 5.32 Å². The number of rotatable bonds is 5. The quantitative estimate of drug-likeness (QED) is 0.878. The van der Waals surface area contributed by atoms with Gasteiger partial charge in [-0.05, 0) is 74.5 Å². The van der Waals surface area contributed by atoms with E-state index in [4.69, 9.17) is 0 Å². The van der Waals surface area contributed by atoms with Crippen molar-refractivity contribution in [3.8, 4) is 5.75 Å². The van der Waals surface area contributed by atoms with Gasteiger partial charge in [-0.25, -0.2) is 0 Å². The highest BCUT2D eigenvalue weighted by Crippen LogP contribution is 2.25. The molecule has 0 spiro atoms. The molecular formula is C21H28N2O. The third-order valence-corrected chi connectivity index (χ3v) is 5.19. The first-order chi connectivity index (χ1) is 11.6. The van der Waals surface area contributed by atoms with Crippen LogP contribution >= 0.6 is 0 Å². The number of benzene rings is 2. The maximum absolute atomic E-state index is 9.32. The SMILES string of the molecule is Cc1cccc(N2CCC(NCCc3ccc(O)cc3)CC2)c1C. The number of hydrogen-bond donors (Lipinski definition) is 2. The summed E-state index contributed by atoms with van der Waals surface area (Å²) < 4.78 is 0. The number of phenolic OH excluding ortho intramolecular Hbond substituents is 1. The van der Waals surface area contributed by atoms with Crippen molar-refractivity contribution in [2.45, 2.75) is 39.2 Å². The fourth-order valence-corrected chi connectivity index (χ4v) is 3.49. The molecule has 24 heavy (non-hydrogen) atoms. The number of piperidine rings is 1. The van der Waals surface area contributed by atoms with Crippen LogP contribution in [0.4, 0.5) is 5.69 Å². The van der Waals surface area contributed by atoms with Crippen molar-refractivity contribution in [2.24, 2.45) is 0 Å². The highest BCUT2D eigenvalue weighted by atomic mass is 16.3. The molecule has 0 aliphatic carbocycles. The van der Waals surface area contributed by atoms with Gasteiger partial charge in [-0.1, -0.05) is 24.3 Å². The number of aryl methyl sites for hydroxylation is 1. The van der Waals surface area contributed by atoms with Crippen molar-refractivity contribution >= 4 is 5.69 Å². The molecule has 0 unspecified atom stereocenters. The molecule has 0 radical (unpaired) electrons. The lowest BCUT2D eigenvalue weighted by Gasteiger charge is -2.35. The smallest absolute Gasteiger partial charge is 0.115 e. The maximum Gasteiger partial charge on any atom is 0.115 e. The lowest BCUT2D eigenvalue weighted by atomic mass is 10.0. The first kappa shape index (κ1) is 16.8. The number of aromatic hydroxyl groups is 1. The zero-order chi connectivity index (χ0) is 16.9. The third kappa shape index (κ3) is 4.09. The lowest BCUT2D eigenvalue weighted by Crippen LogP contribution is -2.43. The second-order valence-corrected chi connectivity index (χ2v) is 6.85.